The maximum absolute atomic E-state index is 13.0. The third kappa shape index (κ3) is 4.50. The monoisotopic (exact) mass is 424 g/mol. The number of imide groups is 1. The summed E-state index contributed by atoms with van der Waals surface area (Å²) in [5.41, 5.74) is 0.943. The van der Waals surface area contributed by atoms with Crippen molar-refractivity contribution in [2.75, 3.05) is 24.3 Å². The van der Waals surface area contributed by atoms with Gasteiger partial charge in [0.25, 0.3) is 5.91 Å². The van der Waals surface area contributed by atoms with E-state index in [1.807, 2.05) is 6.92 Å². The molecule has 1 heterocycles. The molecule has 1 saturated heterocycles. The van der Waals surface area contributed by atoms with E-state index in [-0.39, 0.29) is 5.91 Å². The van der Waals surface area contributed by atoms with Crippen molar-refractivity contribution in [3.05, 3.63) is 53.6 Å². The van der Waals surface area contributed by atoms with Crippen molar-refractivity contribution < 1.29 is 23.9 Å². The van der Waals surface area contributed by atoms with E-state index in [2.05, 4.69) is 16.0 Å². The number of benzene rings is 2. The molecule has 0 spiro atoms. The van der Waals surface area contributed by atoms with E-state index >= 15 is 0 Å². The number of anilines is 2. The molecule has 0 bridgehead atoms. The number of rotatable bonds is 6. The summed E-state index contributed by atoms with van der Waals surface area (Å²) in [4.78, 5) is 50.4. The van der Waals surface area contributed by atoms with Gasteiger partial charge in [0.15, 0.2) is 0 Å². The molecule has 0 aromatic heterocycles. The highest BCUT2D eigenvalue weighted by atomic mass is 16.5. The van der Waals surface area contributed by atoms with Crippen molar-refractivity contribution in [1.82, 2.24) is 10.2 Å². The summed E-state index contributed by atoms with van der Waals surface area (Å²) >= 11 is 0. The fraction of sp³-hybridized carbons (Fsp3) is 0.273. The van der Waals surface area contributed by atoms with Crippen LogP contribution in [0.3, 0.4) is 0 Å². The fourth-order valence-corrected chi connectivity index (χ4v) is 3.35. The summed E-state index contributed by atoms with van der Waals surface area (Å²) < 4.78 is 5.12. The van der Waals surface area contributed by atoms with Gasteiger partial charge in [-0.15, -0.1) is 0 Å². The van der Waals surface area contributed by atoms with Gasteiger partial charge < -0.3 is 20.7 Å². The first kappa shape index (κ1) is 21.8. The Bertz CT molecular complexity index is 1050. The number of methoxy groups -OCH3 is 1. The zero-order chi connectivity index (χ0) is 22.8. The maximum atomic E-state index is 13.0. The summed E-state index contributed by atoms with van der Waals surface area (Å²) in [5.74, 6) is -0.777. The maximum Gasteiger partial charge on any atom is 0.325 e. The minimum Gasteiger partial charge on any atom is -0.497 e. The average molecular weight is 424 g/mol. The number of urea groups is 1. The topological polar surface area (TPSA) is 117 Å². The van der Waals surface area contributed by atoms with Crippen molar-refractivity contribution in [3.8, 4) is 5.75 Å². The van der Waals surface area contributed by atoms with Gasteiger partial charge in [-0.2, -0.15) is 0 Å². The number of ether oxygens (including phenoxy) is 1. The molecular formula is C22H24N4O5. The average Bonchev–Trinajstić information content (AvgIpc) is 2.93. The van der Waals surface area contributed by atoms with Crippen LogP contribution in [0.15, 0.2) is 42.5 Å². The molecule has 9 nitrogen and oxygen atoms in total. The van der Waals surface area contributed by atoms with Crippen molar-refractivity contribution in [3.63, 3.8) is 0 Å². The van der Waals surface area contributed by atoms with E-state index in [9.17, 15) is 19.2 Å². The van der Waals surface area contributed by atoms with Crippen molar-refractivity contribution in [1.29, 1.82) is 0 Å². The Kier molecular flexibility index (Phi) is 5.96. The fourth-order valence-electron chi connectivity index (χ4n) is 3.35. The van der Waals surface area contributed by atoms with Crippen LogP contribution < -0.4 is 20.7 Å². The third-order valence-corrected chi connectivity index (χ3v) is 5.00. The van der Waals surface area contributed by atoms with E-state index in [1.54, 1.807) is 49.4 Å². The Morgan fingerprint density at radius 3 is 2.35 bits per heavy atom. The van der Waals surface area contributed by atoms with Gasteiger partial charge in [-0.1, -0.05) is 18.2 Å². The SMILES string of the molecule is COc1ccc(C2(C)NC(=O)N(CC(=O)Nc3cc(C)ccc3NC(C)=O)C2=O)cc1. The molecule has 1 fully saturated rings. The van der Waals surface area contributed by atoms with Crippen molar-refractivity contribution in [2.45, 2.75) is 26.3 Å². The molecule has 1 aliphatic heterocycles. The lowest BCUT2D eigenvalue weighted by Crippen LogP contribution is -2.42. The van der Waals surface area contributed by atoms with Gasteiger partial charge in [-0.25, -0.2) is 4.79 Å². The number of hydrogen-bond acceptors (Lipinski definition) is 5. The summed E-state index contributed by atoms with van der Waals surface area (Å²) in [7, 11) is 1.53. The minimum absolute atomic E-state index is 0.288. The highest BCUT2D eigenvalue weighted by Gasteiger charge is 2.49. The molecule has 1 atom stereocenters. The Labute approximate surface area is 179 Å². The van der Waals surface area contributed by atoms with E-state index in [0.717, 1.165) is 10.5 Å². The minimum atomic E-state index is -1.30. The van der Waals surface area contributed by atoms with E-state index < -0.39 is 29.9 Å². The molecule has 0 radical (unpaired) electrons. The first-order chi connectivity index (χ1) is 14.6. The highest BCUT2D eigenvalue weighted by Crippen LogP contribution is 2.30. The third-order valence-electron chi connectivity index (χ3n) is 5.00. The summed E-state index contributed by atoms with van der Waals surface area (Å²) in [5, 5.41) is 7.96. The van der Waals surface area contributed by atoms with Gasteiger partial charge in [-0.3, -0.25) is 19.3 Å². The molecule has 3 N–H and O–H groups in total. The molecule has 3 rings (SSSR count). The first-order valence-electron chi connectivity index (χ1n) is 9.61. The zero-order valence-electron chi connectivity index (χ0n) is 17.7. The predicted molar refractivity (Wildman–Crippen MR) is 115 cm³/mol. The normalized spacial score (nSPS) is 17.9. The Balaban J connectivity index is 1.76. The second kappa shape index (κ2) is 8.47. The second-order valence-corrected chi connectivity index (χ2v) is 7.45. The molecule has 2 aromatic rings. The van der Waals surface area contributed by atoms with Gasteiger partial charge in [0.1, 0.15) is 17.8 Å². The molecule has 2 aromatic carbocycles. The van der Waals surface area contributed by atoms with E-state index in [0.29, 0.717) is 22.7 Å². The van der Waals surface area contributed by atoms with Gasteiger partial charge in [0.2, 0.25) is 11.8 Å². The number of hydrogen-bond donors (Lipinski definition) is 3. The smallest absolute Gasteiger partial charge is 0.325 e. The lowest BCUT2D eigenvalue weighted by Gasteiger charge is -2.22. The second-order valence-electron chi connectivity index (χ2n) is 7.45. The molecule has 0 aliphatic carbocycles. The van der Waals surface area contributed by atoms with Gasteiger partial charge in [-0.05, 0) is 49.2 Å². The summed E-state index contributed by atoms with van der Waals surface area (Å²) in [6.45, 7) is 4.32. The summed E-state index contributed by atoms with van der Waals surface area (Å²) in [6.07, 6.45) is 0. The van der Waals surface area contributed by atoms with Gasteiger partial charge >= 0.3 is 6.03 Å². The number of aryl methyl sites for hydroxylation is 1. The Hall–Kier alpha value is -3.88. The molecule has 31 heavy (non-hydrogen) atoms. The molecule has 0 saturated carbocycles. The Morgan fingerprint density at radius 2 is 1.74 bits per heavy atom. The number of amides is 5. The van der Waals surface area contributed by atoms with Crippen LogP contribution in [0.5, 0.6) is 5.75 Å². The van der Waals surface area contributed by atoms with Crippen LogP contribution in [0.2, 0.25) is 0 Å². The van der Waals surface area contributed by atoms with Crippen LogP contribution in [-0.2, 0) is 19.9 Å². The van der Waals surface area contributed by atoms with Crippen LogP contribution in [0, 0.1) is 6.92 Å². The molecule has 5 amide bonds. The van der Waals surface area contributed by atoms with Crippen LogP contribution in [-0.4, -0.2) is 42.3 Å². The van der Waals surface area contributed by atoms with Crippen LogP contribution in [0.1, 0.15) is 25.0 Å². The molecule has 162 valence electrons. The lowest BCUT2D eigenvalue weighted by molar-refractivity contribution is -0.133. The van der Waals surface area contributed by atoms with Gasteiger partial charge in [0.05, 0.1) is 18.5 Å². The number of nitrogens with one attached hydrogen (secondary N) is 3. The standard InChI is InChI=1S/C22H24N4O5/c1-13-5-10-17(23-14(2)27)18(11-13)24-19(28)12-26-20(29)22(3,25-21(26)30)15-6-8-16(31-4)9-7-15/h5-11H,12H2,1-4H3,(H,23,27)(H,24,28)(H,25,30). The molecule has 1 unspecified atom stereocenters. The lowest BCUT2D eigenvalue weighted by atomic mass is 9.92. The number of carbonyl (C=O) groups is 4. The largest absolute Gasteiger partial charge is 0.497 e. The first-order valence-corrected chi connectivity index (χ1v) is 9.61. The van der Waals surface area contributed by atoms with Crippen molar-refractivity contribution >= 4 is 35.1 Å². The number of nitrogens with zero attached hydrogens (tertiary/aromatic N) is 1. The van der Waals surface area contributed by atoms with E-state index in [4.69, 9.17) is 4.74 Å². The van der Waals surface area contributed by atoms with Crippen molar-refractivity contribution in [2.24, 2.45) is 0 Å². The van der Waals surface area contributed by atoms with E-state index in [1.165, 1.54) is 14.0 Å². The van der Waals surface area contributed by atoms with Crippen LogP contribution in [0.25, 0.3) is 0 Å². The molecular weight excluding hydrogens is 400 g/mol. The highest BCUT2D eigenvalue weighted by molar-refractivity contribution is 6.10. The summed E-state index contributed by atoms with van der Waals surface area (Å²) in [6, 6.07) is 11.2. The quantitative estimate of drug-likeness (QED) is 0.616. The number of carbonyl (C=O) groups excluding carboxylic acids is 4. The molecule has 1 aliphatic rings. The molecule has 9 heteroatoms. The predicted octanol–water partition coefficient (Wildman–Crippen LogP) is 2.37. The van der Waals surface area contributed by atoms with Crippen LogP contribution >= 0.6 is 0 Å². The van der Waals surface area contributed by atoms with Crippen LogP contribution in [0.4, 0.5) is 16.2 Å². The zero-order valence-corrected chi connectivity index (χ0v) is 17.7. The van der Waals surface area contributed by atoms with Gasteiger partial charge in [0, 0.05) is 6.92 Å². The Morgan fingerprint density at radius 1 is 1.06 bits per heavy atom.